The maximum Gasteiger partial charge on any atom is 1.00 e. The van der Waals surface area contributed by atoms with Crippen LogP contribution in [0.5, 0.6) is 0 Å². The topological polar surface area (TPSA) is 46.5 Å². The third-order valence-corrected chi connectivity index (χ3v) is 18.7. The van der Waals surface area contributed by atoms with Gasteiger partial charge in [-0.15, -0.1) is 12.7 Å². The third kappa shape index (κ3) is 11.4. The molecule has 1 N–H and O–H groups in total. The Labute approximate surface area is 371 Å². The molecular formula is C51H60N2NaO2P2+. The van der Waals surface area contributed by atoms with Crippen LogP contribution in [0.2, 0.25) is 0 Å². The molecule has 2 heterocycles. The fourth-order valence-corrected chi connectivity index (χ4v) is 17.3. The summed E-state index contributed by atoms with van der Waals surface area (Å²) in [4.78, 5) is 0. The zero-order valence-electron chi connectivity index (χ0n) is 35.7. The van der Waals surface area contributed by atoms with Gasteiger partial charge >= 0.3 is 29.6 Å². The van der Waals surface area contributed by atoms with Crippen LogP contribution in [-0.2, 0) is 9.47 Å². The van der Waals surface area contributed by atoms with E-state index in [1.54, 1.807) is 0 Å². The fourth-order valence-electron chi connectivity index (χ4n) is 7.79. The molecule has 0 unspecified atom stereocenters. The molecule has 0 amide bonds. The van der Waals surface area contributed by atoms with Crippen molar-refractivity contribution >= 4 is 52.2 Å². The molecule has 0 radical (unpaired) electrons. The molecule has 0 aromatic heterocycles. The Kier molecular flexibility index (Phi) is 17.5. The van der Waals surface area contributed by atoms with Crippen molar-refractivity contribution in [3.05, 3.63) is 184 Å². The van der Waals surface area contributed by atoms with Gasteiger partial charge in [0.25, 0.3) is 0 Å². The minimum absolute atomic E-state index is 0. The molecular weight excluding hydrogens is 758 g/mol. The van der Waals surface area contributed by atoms with Crippen LogP contribution >= 0.6 is 14.1 Å². The molecule has 296 valence electrons. The van der Waals surface area contributed by atoms with Gasteiger partial charge in [0, 0.05) is 48.2 Å². The Morgan fingerprint density at radius 2 is 0.793 bits per heavy atom. The Balaban J connectivity index is 0.000000508. The average molecular weight is 818 g/mol. The van der Waals surface area contributed by atoms with Gasteiger partial charge in [-0.1, -0.05) is 131 Å². The normalized spacial score (nSPS) is 13.6. The molecule has 2 aliphatic rings. The smallest absolute Gasteiger partial charge is 0.652 e. The summed E-state index contributed by atoms with van der Waals surface area (Å²) in [5, 5.41) is 11.1. The maximum atomic E-state index is 6.05. The molecule has 0 atom stereocenters. The summed E-state index contributed by atoms with van der Waals surface area (Å²) in [6.07, 6.45) is 5.11. The third-order valence-electron chi connectivity index (χ3n) is 10.5. The standard InChI is InChI=1S/C43H43N2P2.2C4H8O.Na/c1-32-27-34(3)42(35(4)28-32)44-46(38-19-11-7-12-20-38,39-21-13-8-14-22-39)31-47(40-23-15-9-16-24-40,41-25-17-10-18-26-41)45-43-36(5)29-33(2)30-37(43)6;2*1-2-4-5-3-1;/h7-31H,1-6H3;2*1-4H2;/q-1;;;+1/p+1. The van der Waals surface area contributed by atoms with Crippen LogP contribution in [0.1, 0.15) is 59.1 Å². The van der Waals surface area contributed by atoms with Crippen LogP contribution in [0.4, 0.5) is 11.4 Å². The first-order chi connectivity index (χ1) is 27.7. The number of hydrogen-bond donors (Lipinski definition) is 1. The van der Waals surface area contributed by atoms with E-state index in [0.29, 0.717) is 0 Å². The summed E-state index contributed by atoms with van der Waals surface area (Å²) in [7, 11) is -5.17. The van der Waals surface area contributed by atoms with Crippen LogP contribution in [0.3, 0.4) is 0 Å². The summed E-state index contributed by atoms with van der Waals surface area (Å²) in [6.45, 7) is 17.2. The zero-order valence-corrected chi connectivity index (χ0v) is 39.5. The molecule has 2 saturated heterocycles. The van der Waals surface area contributed by atoms with Crippen LogP contribution in [-0.4, -0.2) is 32.0 Å². The molecule has 0 spiro atoms. The molecule has 6 aromatic carbocycles. The minimum Gasteiger partial charge on any atom is -0.652 e. The molecule has 58 heavy (non-hydrogen) atoms. The van der Waals surface area contributed by atoms with Crippen molar-refractivity contribution in [2.24, 2.45) is 0 Å². The molecule has 8 rings (SSSR count). The predicted octanol–water partition coefficient (Wildman–Crippen LogP) is 7.75. The van der Waals surface area contributed by atoms with Crippen molar-refractivity contribution < 1.29 is 43.8 Å². The first kappa shape index (κ1) is 45.7. The second-order valence-electron chi connectivity index (χ2n) is 15.2. The summed E-state index contributed by atoms with van der Waals surface area (Å²) in [6, 6.07) is 53.3. The van der Waals surface area contributed by atoms with E-state index in [2.05, 4.69) is 197 Å². The molecule has 2 fully saturated rings. The Bertz CT molecular complexity index is 2150. The molecule has 0 bridgehead atoms. The summed E-state index contributed by atoms with van der Waals surface area (Å²) in [5.74, 6) is 0. The molecule has 0 aliphatic carbocycles. The fraction of sp³-hybridized carbons (Fsp3) is 0.275. The second-order valence-corrected chi connectivity index (χ2v) is 21.5. The van der Waals surface area contributed by atoms with Gasteiger partial charge in [0.1, 0.15) is 0 Å². The molecule has 0 saturated carbocycles. The summed E-state index contributed by atoms with van der Waals surface area (Å²) >= 11 is 0. The van der Waals surface area contributed by atoms with Crippen molar-refractivity contribution in [2.45, 2.75) is 67.2 Å². The van der Waals surface area contributed by atoms with Crippen LogP contribution < -0.4 is 55.5 Å². The van der Waals surface area contributed by atoms with E-state index in [9.17, 15) is 0 Å². The van der Waals surface area contributed by atoms with Crippen molar-refractivity contribution in [1.82, 2.24) is 0 Å². The van der Waals surface area contributed by atoms with E-state index < -0.39 is 14.1 Å². The SMILES string of the molecule is C1CCOC1.C1CCOC1.Cc1cc(C)c([N-]P(=CP(=[NH+]c2c(C)cc(C)cc2C)(c2ccccc2)c2ccccc2)(c2ccccc2)c2ccccc2)c(C)c1.[Na+]. The van der Waals surface area contributed by atoms with Gasteiger partial charge in [0.05, 0.1) is 0 Å². The average Bonchev–Trinajstić information content (AvgIpc) is 4.02. The van der Waals surface area contributed by atoms with E-state index in [0.717, 1.165) is 32.1 Å². The Hall–Kier alpha value is -3.43. The van der Waals surface area contributed by atoms with Crippen molar-refractivity contribution in [2.75, 3.05) is 26.4 Å². The minimum atomic E-state index is -2.63. The monoisotopic (exact) mass is 817 g/mol. The van der Waals surface area contributed by atoms with Gasteiger partial charge < -0.3 is 14.6 Å². The number of aryl methyl sites for hydroxylation is 6. The van der Waals surface area contributed by atoms with Gasteiger partial charge in [-0.3, -0.25) is 0 Å². The number of nitrogens with zero attached hydrogens (tertiary/aromatic N) is 1. The largest absolute Gasteiger partial charge is 1.00 e. The number of rotatable bonds is 8. The Morgan fingerprint density at radius 1 is 0.466 bits per heavy atom. The maximum absolute atomic E-state index is 6.05. The van der Waals surface area contributed by atoms with Gasteiger partial charge in [-0.05, 0) is 120 Å². The zero-order chi connectivity index (χ0) is 40.1. The number of ether oxygens (including phenoxy) is 2. The molecule has 4 nitrogen and oxygen atoms in total. The quantitative estimate of drug-likeness (QED) is 0.126. The summed E-state index contributed by atoms with van der Waals surface area (Å²) in [5.41, 5.74) is 12.4. The second kappa shape index (κ2) is 22.3. The van der Waals surface area contributed by atoms with Crippen molar-refractivity contribution in [3.8, 4) is 0 Å². The number of benzene rings is 6. The number of nitrogens with one attached hydrogen (secondary N) is 1. The van der Waals surface area contributed by atoms with Crippen LogP contribution in [0.15, 0.2) is 146 Å². The Morgan fingerprint density at radius 3 is 1.12 bits per heavy atom. The van der Waals surface area contributed by atoms with Crippen LogP contribution in [0.25, 0.3) is 5.09 Å². The van der Waals surface area contributed by atoms with Crippen molar-refractivity contribution in [1.29, 1.82) is 0 Å². The van der Waals surface area contributed by atoms with Gasteiger partial charge in [0.15, 0.2) is 7.05 Å². The van der Waals surface area contributed by atoms with E-state index in [-0.39, 0.29) is 29.6 Å². The molecule has 7 heteroatoms. The van der Waals surface area contributed by atoms with E-state index in [1.165, 1.54) is 86.0 Å². The van der Waals surface area contributed by atoms with E-state index in [4.69, 9.17) is 14.6 Å². The number of hydrogen-bond acceptors (Lipinski definition) is 2. The molecule has 2 aliphatic heterocycles. The first-order valence-electron chi connectivity index (χ1n) is 20.4. The van der Waals surface area contributed by atoms with E-state index in [1.807, 2.05) is 0 Å². The molecule has 6 aromatic rings. The predicted molar refractivity (Wildman–Crippen MR) is 249 cm³/mol. The van der Waals surface area contributed by atoms with Gasteiger partial charge in [-0.25, -0.2) is 4.74 Å². The van der Waals surface area contributed by atoms with Crippen LogP contribution in [0, 0.1) is 41.5 Å². The van der Waals surface area contributed by atoms with Crippen molar-refractivity contribution in [3.63, 3.8) is 0 Å². The van der Waals surface area contributed by atoms with E-state index >= 15 is 0 Å². The summed E-state index contributed by atoms with van der Waals surface area (Å²) < 4.78 is 14.2. The van der Waals surface area contributed by atoms with Gasteiger partial charge in [0.2, 0.25) is 5.69 Å². The van der Waals surface area contributed by atoms with Gasteiger partial charge in [-0.2, -0.15) is 0 Å². The first-order valence-corrected chi connectivity index (χ1v) is 24.1.